The molecule has 0 aliphatic rings. The maximum absolute atomic E-state index is 12.5. The maximum Gasteiger partial charge on any atom is 0.262 e. The number of rotatable bonds is 7. The van der Waals surface area contributed by atoms with Crippen LogP contribution in [0.4, 0.5) is 11.4 Å². The zero-order chi connectivity index (χ0) is 20.9. The first-order valence-corrected chi connectivity index (χ1v) is 10.5. The van der Waals surface area contributed by atoms with E-state index in [1.54, 1.807) is 18.2 Å². The van der Waals surface area contributed by atoms with Gasteiger partial charge in [0.1, 0.15) is 5.75 Å². The van der Waals surface area contributed by atoms with Gasteiger partial charge in [-0.25, -0.2) is 8.42 Å². The van der Waals surface area contributed by atoms with Crippen LogP contribution in [0.5, 0.6) is 5.75 Å². The van der Waals surface area contributed by atoms with Crippen LogP contribution in [0, 0.1) is 13.8 Å². The van der Waals surface area contributed by atoms with Gasteiger partial charge < -0.3 is 10.1 Å². The van der Waals surface area contributed by atoms with Gasteiger partial charge in [-0.1, -0.05) is 29.8 Å². The van der Waals surface area contributed by atoms with Gasteiger partial charge in [-0.15, -0.1) is 0 Å². The van der Waals surface area contributed by atoms with Crippen LogP contribution >= 0.6 is 0 Å². The van der Waals surface area contributed by atoms with Crippen molar-refractivity contribution in [3.63, 3.8) is 0 Å². The summed E-state index contributed by atoms with van der Waals surface area (Å²) in [6, 6.07) is 20.4. The average molecular weight is 410 g/mol. The Kier molecular flexibility index (Phi) is 6.19. The fraction of sp³-hybridized carbons (Fsp3) is 0.136. The summed E-state index contributed by atoms with van der Waals surface area (Å²) in [5.74, 6) is 0.104. The molecule has 0 spiro atoms. The van der Waals surface area contributed by atoms with E-state index in [1.807, 2.05) is 44.2 Å². The van der Waals surface area contributed by atoms with Crippen molar-refractivity contribution in [1.29, 1.82) is 0 Å². The first-order chi connectivity index (χ1) is 13.8. The third-order valence-corrected chi connectivity index (χ3v) is 5.51. The van der Waals surface area contributed by atoms with E-state index in [4.69, 9.17) is 4.74 Å². The van der Waals surface area contributed by atoms with Gasteiger partial charge in [-0.3, -0.25) is 9.52 Å². The highest BCUT2D eigenvalue weighted by Gasteiger charge is 2.14. The van der Waals surface area contributed by atoms with Crippen LogP contribution in [0.1, 0.15) is 11.1 Å². The molecule has 7 heteroatoms. The zero-order valence-electron chi connectivity index (χ0n) is 16.2. The molecule has 0 unspecified atom stereocenters. The van der Waals surface area contributed by atoms with Gasteiger partial charge in [0.25, 0.3) is 15.9 Å². The summed E-state index contributed by atoms with van der Waals surface area (Å²) >= 11 is 0. The molecule has 150 valence electrons. The average Bonchev–Trinajstić information content (AvgIpc) is 2.68. The highest BCUT2D eigenvalue weighted by atomic mass is 32.2. The molecule has 0 aromatic heterocycles. The molecule has 29 heavy (non-hydrogen) atoms. The highest BCUT2D eigenvalue weighted by molar-refractivity contribution is 7.92. The lowest BCUT2D eigenvalue weighted by atomic mass is 10.2. The van der Waals surface area contributed by atoms with Crippen LogP contribution in [0.3, 0.4) is 0 Å². The van der Waals surface area contributed by atoms with E-state index >= 15 is 0 Å². The minimum atomic E-state index is -3.70. The van der Waals surface area contributed by atoms with Crippen LogP contribution < -0.4 is 14.8 Å². The van der Waals surface area contributed by atoms with E-state index in [1.165, 1.54) is 24.3 Å². The summed E-state index contributed by atoms with van der Waals surface area (Å²) in [6.07, 6.45) is 0. The smallest absolute Gasteiger partial charge is 0.262 e. The lowest BCUT2D eigenvalue weighted by Crippen LogP contribution is -2.20. The predicted molar refractivity (Wildman–Crippen MR) is 114 cm³/mol. The lowest BCUT2D eigenvalue weighted by molar-refractivity contribution is -0.118. The van der Waals surface area contributed by atoms with Gasteiger partial charge in [0, 0.05) is 11.4 Å². The Bertz CT molecular complexity index is 1090. The number of anilines is 2. The first-order valence-electron chi connectivity index (χ1n) is 9.01. The van der Waals surface area contributed by atoms with Crippen molar-refractivity contribution in [2.24, 2.45) is 0 Å². The Morgan fingerprint density at radius 2 is 1.55 bits per heavy atom. The van der Waals surface area contributed by atoms with E-state index in [2.05, 4.69) is 10.0 Å². The van der Waals surface area contributed by atoms with Crippen LogP contribution in [0.15, 0.2) is 77.7 Å². The molecule has 3 aromatic carbocycles. The Morgan fingerprint density at radius 3 is 2.21 bits per heavy atom. The number of carbonyl (C=O) groups excluding carboxylic acids is 1. The molecule has 0 atom stereocenters. The maximum atomic E-state index is 12.5. The second kappa shape index (κ2) is 8.79. The summed E-state index contributed by atoms with van der Waals surface area (Å²) in [5, 5.41) is 2.75. The third-order valence-electron chi connectivity index (χ3n) is 4.11. The summed E-state index contributed by atoms with van der Waals surface area (Å²) < 4.78 is 32.9. The van der Waals surface area contributed by atoms with Crippen LogP contribution in [0.25, 0.3) is 0 Å². The number of aryl methyl sites for hydroxylation is 2. The van der Waals surface area contributed by atoms with Crippen LogP contribution in [0.2, 0.25) is 0 Å². The van der Waals surface area contributed by atoms with Crippen molar-refractivity contribution in [3.8, 4) is 5.75 Å². The fourth-order valence-electron chi connectivity index (χ4n) is 2.62. The van der Waals surface area contributed by atoms with Gasteiger partial charge in [-0.2, -0.15) is 0 Å². The molecule has 0 fully saturated rings. The second-order valence-electron chi connectivity index (χ2n) is 6.65. The number of hydrogen-bond donors (Lipinski definition) is 2. The topological polar surface area (TPSA) is 84.5 Å². The zero-order valence-corrected chi connectivity index (χ0v) is 17.0. The van der Waals surface area contributed by atoms with Crippen molar-refractivity contribution in [1.82, 2.24) is 0 Å². The summed E-state index contributed by atoms with van der Waals surface area (Å²) in [7, 11) is -3.70. The van der Waals surface area contributed by atoms with Crippen molar-refractivity contribution in [3.05, 3.63) is 83.9 Å². The molecule has 0 saturated carbocycles. The van der Waals surface area contributed by atoms with Crippen molar-refractivity contribution < 1.29 is 17.9 Å². The summed E-state index contributed by atoms with van der Waals surface area (Å²) in [5.41, 5.74) is 3.27. The number of sulfonamides is 1. The van der Waals surface area contributed by atoms with E-state index in [9.17, 15) is 13.2 Å². The minimum absolute atomic E-state index is 0.106. The van der Waals surface area contributed by atoms with Gasteiger partial charge in [0.2, 0.25) is 0 Å². The number of ether oxygens (including phenoxy) is 1. The molecule has 0 aliphatic heterocycles. The molecule has 0 saturated heterocycles. The van der Waals surface area contributed by atoms with Gasteiger partial charge >= 0.3 is 0 Å². The van der Waals surface area contributed by atoms with Gasteiger partial charge in [0.05, 0.1) is 4.90 Å². The molecular formula is C22H22N2O4S. The van der Waals surface area contributed by atoms with Crippen molar-refractivity contribution in [2.45, 2.75) is 18.7 Å². The van der Waals surface area contributed by atoms with E-state index < -0.39 is 10.0 Å². The van der Waals surface area contributed by atoms with Gasteiger partial charge in [0.15, 0.2) is 6.61 Å². The standard InChI is InChI=1S/C22H22N2O4S/c1-16-6-8-18(9-7-16)24-29(26,27)21-12-10-20(11-13-21)28-15-22(25)23-19-5-3-4-17(2)14-19/h3-14,24H,15H2,1-2H3,(H,23,25). The monoisotopic (exact) mass is 410 g/mol. The predicted octanol–water partition coefficient (Wildman–Crippen LogP) is 4.12. The number of carbonyl (C=O) groups is 1. The Morgan fingerprint density at radius 1 is 0.862 bits per heavy atom. The molecule has 6 nitrogen and oxygen atoms in total. The minimum Gasteiger partial charge on any atom is -0.484 e. The molecule has 0 aliphatic carbocycles. The largest absolute Gasteiger partial charge is 0.484 e. The number of amides is 1. The normalized spacial score (nSPS) is 11.0. The summed E-state index contributed by atoms with van der Waals surface area (Å²) in [6.45, 7) is 3.69. The molecule has 0 radical (unpaired) electrons. The van der Waals surface area contributed by atoms with E-state index in [0.717, 1.165) is 11.1 Å². The molecule has 1 amide bonds. The van der Waals surface area contributed by atoms with Crippen LogP contribution in [-0.2, 0) is 14.8 Å². The van der Waals surface area contributed by atoms with Crippen LogP contribution in [-0.4, -0.2) is 20.9 Å². The quantitative estimate of drug-likeness (QED) is 0.614. The van der Waals surface area contributed by atoms with Crippen molar-refractivity contribution in [2.75, 3.05) is 16.6 Å². The molecule has 3 aromatic rings. The van der Waals surface area contributed by atoms with E-state index in [-0.39, 0.29) is 17.4 Å². The number of nitrogens with one attached hydrogen (secondary N) is 2. The second-order valence-corrected chi connectivity index (χ2v) is 8.33. The molecule has 3 rings (SSSR count). The summed E-state index contributed by atoms with van der Waals surface area (Å²) in [4.78, 5) is 12.1. The first kappa shape index (κ1) is 20.4. The fourth-order valence-corrected chi connectivity index (χ4v) is 3.68. The molecule has 0 bridgehead atoms. The Labute approximate surface area is 170 Å². The lowest BCUT2D eigenvalue weighted by Gasteiger charge is -2.10. The number of hydrogen-bond acceptors (Lipinski definition) is 4. The van der Waals surface area contributed by atoms with E-state index in [0.29, 0.717) is 17.1 Å². The van der Waals surface area contributed by atoms with Gasteiger partial charge in [-0.05, 0) is 67.9 Å². The molecule has 0 heterocycles. The Balaban J connectivity index is 1.58. The Hall–Kier alpha value is -3.32. The highest BCUT2D eigenvalue weighted by Crippen LogP contribution is 2.20. The molecule has 2 N–H and O–H groups in total. The SMILES string of the molecule is Cc1ccc(NS(=O)(=O)c2ccc(OCC(=O)Nc3cccc(C)c3)cc2)cc1. The third kappa shape index (κ3) is 5.83. The van der Waals surface area contributed by atoms with Crippen molar-refractivity contribution >= 4 is 27.3 Å². The number of benzene rings is 3. The molecular weight excluding hydrogens is 388 g/mol.